The number of rotatable bonds is 6. The Bertz CT molecular complexity index is 568. The zero-order valence-corrected chi connectivity index (χ0v) is 14.7. The minimum absolute atomic E-state index is 0.00540. The average Bonchev–Trinajstić information content (AvgIpc) is 2.55. The molecule has 1 unspecified atom stereocenters. The summed E-state index contributed by atoms with van der Waals surface area (Å²) < 4.78 is 5.76. The molecule has 132 valence electrons. The quantitative estimate of drug-likeness (QED) is 0.845. The van der Waals surface area contributed by atoms with Gasteiger partial charge in [-0.15, -0.1) is 0 Å². The predicted molar refractivity (Wildman–Crippen MR) is 93.0 cm³/mol. The number of hydrogen-bond acceptors (Lipinski definition) is 4. The lowest BCUT2D eigenvalue weighted by Gasteiger charge is -2.35. The molecule has 1 saturated heterocycles. The largest absolute Gasteiger partial charge is 0.481 e. The highest BCUT2D eigenvalue weighted by molar-refractivity contribution is 5.81. The van der Waals surface area contributed by atoms with E-state index >= 15 is 0 Å². The van der Waals surface area contributed by atoms with Crippen molar-refractivity contribution in [2.75, 3.05) is 39.3 Å². The van der Waals surface area contributed by atoms with Gasteiger partial charge in [0.2, 0.25) is 5.91 Å². The summed E-state index contributed by atoms with van der Waals surface area (Å²) in [6, 6.07) is 7.70. The van der Waals surface area contributed by atoms with Crippen LogP contribution in [0.2, 0.25) is 0 Å². The van der Waals surface area contributed by atoms with Crippen LogP contribution < -0.4 is 10.1 Å². The number of carbonyl (C=O) groups is 2. The number of nitrogens with one attached hydrogen (secondary N) is 1. The van der Waals surface area contributed by atoms with Crippen LogP contribution in [0.3, 0.4) is 0 Å². The first-order valence-corrected chi connectivity index (χ1v) is 8.50. The lowest BCUT2D eigenvalue weighted by atomic mass is 10.2. The summed E-state index contributed by atoms with van der Waals surface area (Å²) in [5.41, 5.74) is 1.10. The van der Waals surface area contributed by atoms with Crippen LogP contribution in [0.5, 0.6) is 5.75 Å². The maximum atomic E-state index is 12.5. The van der Waals surface area contributed by atoms with Gasteiger partial charge in [-0.3, -0.25) is 14.5 Å². The first kappa shape index (κ1) is 18.3. The minimum Gasteiger partial charge on any atom is -0.481 e. The Labute approximate surface area is 143 Å². The SMILES string of the molecule is CCNC(=O)CN1CCN(C(=O)C(C)Oc2cccc(C)c2)CC1. The van der Waals surface area contributed by atoms with Crippen molar-refractivity contribution in [3.05, 3.63) is 29.8 Å². The molecule has 1 aliphatic heterocycles. The molecular formula is C18H27N3O3. The molecular weight excluding hydrogens is 306 g/mol. The molecule has 2 amide bonds. The van der Waals surface area contributed by atoms with E-state index in [0.29, 0.717) is 45.0 Å². The number of benzene rings is 1. The fourth-order valence-corrected chi connectivity index (χ4v) is 2.78. The van der Waals surface area contributed by atoms with E-state index in [2.05, 4.69) is 10.2 Å². The van der Waals surface area contributed by atoms with Crippen LogP contribution in [0.1, 0.15) is 19.4 Å². The van der Waals surface area contributed by atoms with Crippen molar-refractivity contribution in [1.82, 2.24) is 15.1 Å². The molecule has 0 bridgehead atoms. The third-order valence-electron chi connectivity index (χ3n) is 4.08. The molecule has 1 aromatic carbocycles. The van der Waals surface area contributed by atoms with Gasteiger partial charge in [-0.25, -0.2) is 0 Å². The van der Waals surface area contributed by atoms with Crippen molar-refractivity contribution in [2.45, 2.75) is 26.9 Å². The van der Waals surface area contributed by atoms with Crippen LogP contribution in [0.15, 0.2) is 24.3 Å². The van der Waals surface area contributed by atoms with Gasteiger partial charge in [-0.2, -0.15) is 0 Å². The summed E-state index contributed by atoms with van der Waals surface area (Å²) in [5.74, 6) is 0.744. The standard InChI is InChI=1S/C18H27N3O3/c1-4-19-17(22)13-20-8-10-21(11-9-20)18(23)15(3)24-16-7-5-6-14(2)12-16/h5-7,12,15H,4,8-11,13H2,1-3H3,(H,19,22). The Morgan fingerprint density at radius 3 is 2.58 bits per heavy atom. The number of carbonyl (C=O) groups excluding carboxylic acids is 2. The van der Waals surface area contributed by atoms with E-state index in [1.54, 1.807) is 6.92 Å². The van der Waals surface area contributed by atoms with Gasteiger partial charge >= 0.3 is 0 Å². The Kier molecular flexibility index (Phi) is 6.61. The van der Waals surface area contributed by atoms with E-state index in [0.717, 1.165) is 5.56 Å². The summed E-state index contributed by atoms with van der Waals surface area (Å²) in [6.45, 7) is 9.39. The van der Waals surface area contributed by atoms with Crippen LogP contribution >= 0.6 is 0 Å². The molecule has 0 aromatic heterocycles. The van der Waals surface area contributed by atoms with E-state index in [9.17, 15) is 9.59 Å². The van der Waals surface area contributed by atoms with Gasteiger partial charge in [-0.05, 0) is 38.5 Å². The summed E-state index contributed by atoms with van der Waals surface area (Å²) in [7, 11) is 0. The molecule has 24 heavy (non-hydrogen) atoms. The minimum atomic E-state index is -0.512. The van der Waals surface area contributed by atoms with Gasteiger partial charge in [0.25, 0.3) is 5.91 Å². The van der Waals surface area contributed by atoms with Crippen molar-refractivity contribution < 1.29 is 14.3 Å². The van der Waals surface area contributed by atoms with E-state index in [1.807, 2.05) is 43.0 Å². The van der Waals surface area contributed by atoms with Crippen molar-refractivity contribution in [3.63, 3.8) is 0 Å². The van der Waals surface area contributed by atoms with Crippen LogP contribution in [-0.4, -0.2) is 67.0 Å². The smallest absolute Gasteiger partial charge is 0.263 e. The number of piperazine rings is 1. The molecule has 0 aliphatic carbocycles. The van der Waals surface area contributed by atoms with Crippen LogP contribution in [0.4, 0.5) is 0 Å². The van der Waals surface area contributed by atoms with Gasteiger partial charge < -0.3 is 15.0 Å². The highest BCUT2D eigenvalue weighted by Gasteiger charge is 2.26. The summed E-state index contributed by atoms with van der Waals surface area (Å²) in [5, 5.41) is 2.80. The highest BCUT2D eigenvalue weighted by atomic mass is 16.5. The van der Waals surface area contributed by atoms with Crippen LogP contribution in [0, 0.1) is 6.92 Å². The zero-order chi connectivity index (χ0) is 17.5. The number of hydrogen-bond donors (Lipinski definition) is 1. The monoisotopic (exact) mass is 333 g/mol. The van der Waals surface area contributed by atoms with E-state index in [4.69, 9.17) is 4.74 Å². The molecule has 2 rings (SSSR count). The highest BCUT2D eigenvalue weighted by Crippen LogP contribution is 2.15. The number of ether oxygens (including phenoxy) is 1. The summed E-state index contributed by atoms with van der Waals surface area (Å²) >= 11 is 0. The van der Waals surface area contributed by atoms with E-state index in [-0.39, 0.29) is 11.8 Å². The molecule has 0 radical (unpaired) electrons. The molecule has 1 atom stereocenters. The third-order valence-corrected chi connectivity index (χ3v) is 4.08. The molecule has 1 aliphatic rings. The normalized spacial score (nSPS) is 16.5. The third kappa shape index (κ3) is 5.23. The predicted octanol–water partition coefficient (Wildman–Crippen LogP) is 1.04. The summed E-state index contributed by atoms with van der Waals surface area (Å²) in [6.07, 6.45) is -0.512. The second kappa shape index (κ2) is 8.68. The van der Waals surface area contributed by atoms with Crippen molar-refractivity contribution in [2.24, 2.45) is 0 Å². The first-order chi connectivity index (χ1) is 11.5. The van der Waals surface area contributed by atoms with Crippen molar-refractivity contribution in [3.8, 4) is 5.75 Å². The lowest BCUT2D eigenvalue weighted by Crippen LogP contribution is -2.53. The van der Waals surface area contributed by atoms with E-state index in [1.165, 1.54) is 0 Å². The number of likely N-dealkylation sites (N-methyl/N-ethyl adjacent to an activating group) is 1. The van der Waals surface area contributed by atoms with Gasteiger partial charge in [-0.1, -0.05) is 12.1 Å². The van der Waals surface area contributed by atoms with Crippen LogP contribution in [0.25, 0.3) is 0 Å². The Balaban J connectivity index is 1.80. The number of aryl methyl sites for hydroxylation is 1. The molecule has 1 aromatic rings. The second-order valence-electron chi connectivity index (χ2n) is 6.13. The molecule has 0 saturated carbocycles. The fourth-order valence-electron chi connectivity index (χ4n) is 2.78. The molecule has 1 fully saturated rings. The Hall–Kier alpha value is -2.08. The molecule has 6 heteroatoms. The second-order valence-corrected chi connectivity index (χ2v) is 6.13. The van der Waals surface area contributed by atoms with Crippen molar-refractivity contribution >= 4 is 11.8 Å². The Morgan fingerprint density at radius 2 is 1.96 bits per heavy atom. The van der Waals surface area contributed by atoms with Gasteiger partial charge in [0.05, 0.1) is 6.54 Å². The van der Waals surface area contributed by atoms with Crippen LogP contribution in [-0.2, 0) is 9.59 Å². The van der Waals surface area contributed by atoms with Gasteiger partial charge in [0, 0.05) is 32.7 Å². The van der Waals surface area contributed by atoms with Crippen molar-refractivity contribution in [1.29, 1.82) is 0 Å². The maximum Gasteiger partial charge on any atom is 0.263 e. The van der Waals surface area contributed by atoms with Gasteiger partial charge in [0.15, 0.2) is 6.10 Å². The number of nitrogens with zero attached hydrogens (tertiary/aromatic N) is 2. The van der Waals surface area contributed by atoms with Gasteiger partial charge in [0.1, 0.15) is 5.75 Å². The molecule has 1 N–H and O–H groups in total. The Morgan fingerprint density at radius 1 is 1.25 bits per heavy atom. The fraction of sp³-hybridized carbons (Fsp3) is 0.556. The number of amides is 2. The zero-order valence-electron chi connectivity index (χ0n) is 14.7. The van der Waals surface area contributed by atoms with E-state index < -0.39 is 6.10 Å². The topological polar surface area (TPSA) is 61.9 Å². The molecule has 0 spiro atoms. The maximum absolute atomic E-state index is 12.5. The molecule has 6 nitrogen and oxygen atoms in total. The first-order valence-electron chi connectivity index (χ1n) is 8.50. The lowest BCUT2D eigenvalue weighted by molar-refractivity contribution is -0.139. The summed E-state index contributed by atoms with van der Waals surface area (Å²) in [4.78, 5) is 28.0. The molecule has 1 heterocycles. The average molecular weight is 333 g/mol.